The molecule has 1 atom stereocenters. The van der Waals surface area contributed by atoms with Crippen LogP contribution in [0.1, 0.15) is 12.5 Å². The predicted molar refractivity (Wildman–Crippen MR) is 102 cm³/mol. The Morgan fingerprint density at radius 3 is 2.75 bits per heavy atom. The highest BCUT2D eigenvalue weighted by Gasteiger charge is 2.15. The Morgan fingerprint density at radius 1 is 1.21 bits per heavy atom. The molecule has 0 bridgehead atoms. The number of hydrogen-bond donors (Lipinski definition) is 1. The number of carbonyl (C=O) groups is 1. The molecule has 0 spiro atoms. The molecular formula is C18H19Cl2NO2S. The van der Waals surface area contributed by atoms with E-state index >= 15 is 0 Å². The molecule has 1 unspecified atom stereocenters. The third-order valence-corrected chi connectivity index (χ3v) is 4.79. The van der Waals surface area contributed by atoms with E-state index in [9.17, 15) is 4.79 Å². The fraction of sp³-hybridized carbons (Fsp3) is 0.278. The maximum atomic E-state index is 12.0. The topological polar surface area (TPSA) is 38.3 Å². The van der Waals surface area contributed by atoms with Gasteiger partial charge in [0.05, 0.1) is 5.02 Å². The van der Waals surface area contributed by atoms with Gasteiger partial charge in [-0.15, -0.1) is 0 Å². The molecule has 0 saturated heterocycles. The molecule has 24 heavy (non-hydrogen) atoms. The van der Waals surface area contributed by atoms with Gasteiger partial charge in [0.1, 0.15) is 5.75 Å². The first-order valence-electron chi connectivity index (χ1n) is 7.57. The van der Waals surface area contributed by atoms with Crippen LogP contribution in [0.2, 0.25) is 10.0 Å². The van der Waals surface area contributed by atoms with Gasteiger partial charge in [0.25, 0.3) is 5.91 Å². The van der Waals surface area contributed by atoms with Crippen LogP contribution in [-0.2, 0) is 10.5 Å². The molecule has 0 aliphatic rings. The summed E-state index contributed by atoms with van der Waals surface area (Å²) in [5, 5.41) is 4.10. The van der Waals surface area contributed by atoms with Crippen molar-refractivity contribution >= 4 is 40.9 Å². The van der Waals surface area contributed by atoms with Crippen LogP contribution in [0.3, 0.4) is 0 Å². The second-order valence-corrected chi connectivity index (χ2v) is 7.11. The quantitative estimate of drug-likeness (QED) is 0.664. The number of rotatable bonds is 8. The number of amides is 1. The van der Waals surface area contributed by atoms with Crippen molar-refractivity contribution in [1.82, 2.24) is 5.32 Å². The average molecular weight is 384 g/mol. The van der Waals surface area contributed by atoms with Crippen molar-refractivity contribution in [2.45, 2.75) is 18.8 Å². The van der Waals surface area contributed by atoms with E-state index in [0.717, 1.165) is 16.5 Å². The standard InChI is InChI=1S/C18H19Cl2NO2S/c1-13(23-17-8-3-2-7-16(17)20)18(22)21-9-10-24-12-14-5-4-6-15(19)11-14/h2-8,11,13H,9-10,12H2,1H3,(H,21,22). The number of ether oxygens (including phenoxy) is 1. The van der Waals surface area contributed by atoms with Crippen molar-refractivity contribution in [3.05, 3.63) is 64.1 Å². The minimum atomic E-state index is -0.595. The van der Waals surface area contributed by atoms with Crippen LogP contribution in [0.15, 0.2) is 48.5 Å². The molecule has 0 aliphatic carbocycles. The summed E-state index contributed by atoms with van der Waals surface area (Å²) in [4.78, 5) is 12.0. The van der Waals surface area contributed by atoms with Gasteiger partial charge in [0.2, 0.25) is 0 Å². The lowest BCUT2D eigenvalue weighted by Crippen LogP contribution is -2.37. The second kappa shape index (κ2) is 9.82. The fourth-order valence-corrected chi connectivity index (χ4v) is 3.19. The maximum absolute atomic E-state index is 12.0. The smallest absolute Gasteiger partial charge is 0.260 e. The van der Waals surface area contributed by atoms with Crippen LogP contribution >= 0.6 is 35.0 Å². The van der Waals surface area contributed by atoms with Crippen LogP contribution in [0.25, 0.3) is 0 Å². The Labute approximate surface area is 156 Å². The van der Waals surface area contributed by atoms with E-state index in [1.165, 1.54) is 5.56 Å². The molecule has 2 rings (SSSR count). The van der Waals surface area contributed by atoms with Crippen LogP contribution < -0.4 is 10.1 Å². The number of hydrogen-bond acceptors (Lipinski definition) is 3. The SMILES string of the molecule is CC(Oc1ccccc1Cl)C(=O)NCCSCc1cccc(Cl)c1. The number of benzene rings is 2. The predicted octanol–water partition coefficient (Wildman–Crippen LogP) is 4.81. The van der Waals surface area contributed by atoms with Gasteiger partial charge in [-0.3, -0.25) is 4.79 Å². The van der Waals surface area contributed by atoms with Gasteiger partial charge in [-0.1, -0.05) is 47.5 Å². The van der Waals surface area contributed by atoms with Crippen LogP contribution in [0.4, 0.5) is 0 Å². The largest absolute Gasteiger partial charge is 0.479 e. The van der Waals surface area contributed by atoms with Crippen LogP contribution in [0.5, 0.6) is 5.75 Å². The van der Waals surface area contributed by atoms with Crippen LogP contribution in [-0.4, -0.2) is 24.3 Å². The fourth-order valence-electron chi connectivity index (χ4n) is 1.99. The van der Waals surface area contributed by atoms with Gasteiger partial charge < -0.3 is 10.1 Å². The molecule has 0 saturated carbocycles. The molecule has 2 aromatic rings. The third kappa shape index (κ3) is 6.27. The Balaban J connectivity index is 1.66. The summed E-state index contributed by atoms with van der Waals surface area (Å²) >= 11 is 13.7. The lowest BCUT2D eigenvalue weighted by atomic mass is 10.2. The Morgan fingerprint density at radius 2 is 2.00 bits per heavy atom. The molecule has 3 nitrogen and oxygen atoms in total. The molecule has 0 radical (unpaired) electrons. The first-order valence-corrected chi connectivity index (χ1v) is 9.48. The molecule has 0 aliphatic heterocycles. The van der Waals surface area contributed by atoms with Crippen molar-refractivity contribution in [2.75, 3.05) is 12.3 Å². The monoisotopic (exact) mass is 383 g/mol. The van der Waals surface area contributed by atoms with E-state index in [-0.39, 0.29) is 5.91 Å². The van der Waals surface area contributed by atoms with E-state index < -0.39 is 6.10 Å². The summed E-state index contributed by atoms with van der Waals surface area (Å²) in [5.41, 5.74) is 1.18. The van der Waals surface area contributed by atoms with Gasteiger partial charge in [-0.2, -0.15) is 11.8 Å². The van der Waals surface area contributed by atoms with Crippen LogP contribution in [0, 0.1) is 0 Å². The summed E-state index contributed by atoms with van der Waals surface area (Å²) in [6.45, 7) is 2.29. The molecule has 0 heterocycles. The zero-order valence-corrected chi connectivity index (χ0v) is 15.6. The van der Waals surface area contributed by atoms with Crippen molar-refractivity contribution in [1.29, 1.82) is 0 Å². The molecule has 6 heteroatoms. The summed E-state index contributed by atoms with van der Waals surface area (Å²) in [5.74, 6) is 2.04. The Bertz CT molecular complexity index is 682. The van der Waals surface area contributed by atoms with E-state index in [4.69, 9.17) is 27.9 Å². The summed E-state index contributed by atoms with van der Waals surface area (Å²) in [6.07, 6.45) is -0.595. The Hall–Kier alpha value is -1.36. The lowest BCUT2D eigenvalue weighted by molar-refractivity contribution is -0.127. The van der Waals surface area contributed by atoms with Gasteiger partial charge in [-0.25, -0.2) is 0 Å². The van der Waals surface area contributed by atoms with E-state index in [0.29, 0.717) is 17.3 Å². The van der Waals surface area contributed by atoms with E-state index in [1.54, 1.807) is 30.8 Å². The minimum Gasteiger partial charge on any atom is -0.479 e. The highest BCUT2D eigenvalue weighted by Crippen LogP contribution is 2.24. The number of thioether (sulfide) groups is 1. The van der Waals surface area contributed by atoms with Gasteiger partial charge in [-0.05, 0) is 36.8 Å². The first kappa shape index (κ1) is 19.0. The highest BCUT2D eigenvalue weighted by atomic mass is 35.5. The van der Waals surface area contributed by atoms with Crippen molar-refractivity contribution in [2.24, 2.45) is 0 Å². The first-order chi connectivity index (χ1) is 11.6. The minimum absolute atomic E-state index is 0.154. The highest BCUT2D eigenvalue weighted by molar-refractivity contribution is 7.98. The van der Waals surface area contributed by atoms with Crippen molar-refractivity contribution in [3.8, 4) is 5.75 Å². The van der Waals surface area contributed by atoms with E-state index in [1.807, 2.05) is 36.4 Å². The normalized spacial score (nSPS) is 11.8. The molecule has 0 fully saturated rings. The van der Waals surface area contributed by atoms with Gasteiger partial charge >= 0.3 is 0 Å². The zero-order chi connectivity index (χ0) is 17.4. The zero-order valence-electron chi connectivity index (χ0n) is 13.3. The molecule has 2 aromatic carbocycles. The molecule has 128 valence electrons. The van der Waals surface area contributed by atoms with Gasteiger partial charge in [0.15, 0.2) is 6.10 Å². The number of nitrogens with one attached hydrogen (secondary N) is 1. The number of halogens is 2. The summed E-state index contributed by atoms with van der Waals surface area (Å²) < 4.78 is 5.58. The molecule has 0 aromatic heterocycles. The average Bonchev–Trinajstić information content (AvgIpc) is 2.56. The van der Waals surface area contributed by atoms with Gasteiger partial charge in [0, 0.05) is 23.1 Å². The lowest BCUT2D eigenvalue weighted by Gasteiger charge is -2.15. The maximum Gasteiger partial charge on any atom is 0.260 e. The second-order valence-electron chi connectivity index (χ2n) is 5.16. The molecule has 1 N–H and O–H groups in total. The molecular weight excluding hydrogens is 365 g/mol. The van der Waals surface area contributed by atoms with Crippen molar-refractivity contribution in [3.63, 3.8) is 0 Å². The third-order valence-electron chi connectivity index (χ3n) is 3.21. The Kier molecular flexibility index (Phi) is 7.76. The molecule has 1 amide bonds. The van der Waals surface area contributed by atoms with E-state index in [2.05, 4.69) is 5.32 Å². The van der Waals surface area contributed by atoms with Crippen molar-refractivity contribution < 1.29 is 9.53 Å². The number of carbonyl (C=O) groups excluding carboxylic acids is 1. The number of para-hydroxylation sites is 1. The summed E-state index contributed by atoms with van der Waals surface area (Å²) in [6, 6.07) is 14.9. The summed E-state index contributed by atoms with van der Waals surface area (Å²) in [7, 11) is 0.